The second-order valence-electron chi connectivity index (χ2n) is 6.96. The van der Waals surface area contributed by atoms with Crippen molar-refractivity contribution in [2.75, 3.05) is 10.6 Å². The summed E-state index contributed by atoms with van der Waals surface area (Å²) in [7, 11) is 0. The number of benzene rings is 2. The maximum Gasteiger partial charge on any atom is 0.255 e. The van der Waals surface area contributed by atoms with E-state index < -0.39 is 0 Å². The number of carbonyl (C=O) groups is 1. The number of aromatic nitrogens is 3. The lowest BCUT2D eigenvalue weighted by molar-refractivity contribution is 0.102. The van der Waals surface area contributed by atoms with E-state index in [9.17, 15) is 9.90 Å². The number of amides is 1. The smallest absolute Gasteiger partial charge is 0.255 e. The monoisotopic (exact) mass is 411 g/mol. The SMILES string of the molecule is Cc1ccc(C(=O)Nc2cccc(CO)c2)cc1Nc1ncccc1-c1ccncn1. The lowest BCUT2D eigenvalue weighted by atomic mass is 10.1. The third-order valence-electron chi connectivity index (χ3n) is 4.79. The molecule has 7 heteroatoms. The summed E-state index contributed by atoms with van der Waals surface area (Å²) in [5.41, 5.74) is 5.19. The van der Waals surface area contributed by atoms with E-state index in [1.807, 2.05) is 31.2 Å². The van der Waals surface area contributed by atoms with E-state index in [1.165, 1.54) is 6.33 Å². The molecule has 0 saturated carbocycles. The first-order valence-corrected chi connectivity index (χ1v) is 9.74. The zero-order chi connectivity index (χ0) is 21.6. The molecule has 2 heterocycles. The van der Waals surface area contributed by atoms with Crippen LogP contribution in [0.3, 0.4) is 0 Å². The number of aliphatic hydroxyl groups excluding tert-OH is 1. The van der Waals surface area contributed by atoms with Gasteiger partial charge in [-0.3, -0.25) is 4.79 Å². The van der Waals surface area contributed by atoms with Crippen LogP contribution in [0.4, 0.5) is 17.2 Å². The number of rotatable bonds is 6. The van der Waals surface area contributed by atoms with Crippen LogP contribution in [0.15, 0.2) is 79.4 Å². The van der Waals surface area contributed by atoms with Gasteiger partial charge in [-0.2, -0.15) is 0 Å². The first-order chi connectivity index (χ1) is 15.1. The molecule has 154 valence electrons. The average molecular weight is 411 g/mol. The van der Waals surface area contributed by atoms with E-state index in [0.717, 1.165) is 28.1 Å². The number of hydrogen-bond acceptors (Lipinski definition) is 6. The highest BCUT2D eigenvalue weighted by Gasteiger charge is 2.12. The molecule has 4 rings (SSSR count). The summed E-state index contributed by atoms with van der Waals surface area (Å²) < 4.78 is 0. The Morgan fingerprint density at radius 3 is 2.71 bits per heavy atom. The summed E-state index contributed by atoms with van der Waals surface area (Å²) in [6, 6.07) is 18.2. The van der Waals surface area contributed by atoms with Crippen LogP contribution in [0.2, 0.25) is 0 Å². The molecular weight excluding hydrogens is 390 g/mol. The van der Waals surface area contributed by atoms with Gasteiger partial charge in [0.1, 0.15) is 12.1 Å². The second-order valence-corrected chi connectivity index (χ2v) is 6.96. The molecule has 0 bridgehead atoms. The molecule has 3 N–H and O–H groups in total. The molecule has 4 aromatic rings. The van der Waals surface area contributed by atoms with Crippen LogP contribution in [0.1, 0.15) is 21.5 Å². The van der Waals surface area contributed by atoms with Crippen molar-refractivity contribution in [3.05, 3.63) is 96.1 Å². The molecule has 2 aromatic heterocycles. The summed E-state index contributed by atoms with van der Waals surface area (Å²) >= 11 is 0. The first-order valence-electron chi connectivity index (χ1n) is 9.74. The minimum absolute atomic E-state index is 0.0823. The normalized spacial score (nSPS) is 10.5. The molecule has 0 fully saturated rings. The van der Waals surface area contributed by atoms with E-state index in [-0.39, 0.29) is 12.5 Å². The van der Waals surface area contributed by atoms with E-state index in [0.29, 0.717) is 17.1 Å². The number of nitrogens with zero attached hydrogens (tertiary/aromatic N) is 3. The van der Waals surface area contributed by atoms with Gasteiger partial charge >= 0.3 is 0 Å². The molecule has 0 aliphatic rings. The van der Waals surface area contributed by atoms with Gasteiger partial charge in [0.15, 0.2) is 0 Å². The van der Waals surface area contributed by atoms with Crippen molar-refractivity contribution in [2.45, 2.75) is 13.5 Å². The summed E-state index contributed by atoms with van der Waals surface area (Å²) in [6.07, 6.45) is 4.88. The fourth-order valence-corrected chi connectivity index (χ4v) is 3.14. The molecule has 0 radical (unpaired) electrons. The Morgan fingerprint density at radius 2 is 1.90 bits per heavy atom. The number of pyridine rings is 1. The number of nitrogens with one attached hydrogen (secondary N) is 2. The minimum atomic E-state index is -0.241. The number of aliphatic hydroxyl groups is 1. The Balaban J connectivity index is 1.60. The Bertz CT molecular complexity index is 1210. The van der Waals surface area contributed by atoms with Gasteiger partial charge in [-0.25, -0.2) is 15.0 Å². The van der Waals surface area contributed by atoms with Crippen molar-refractivity contribution < 1.29 is 9.90 Å². The highest BCUT2D eigenvalue weighted by molar-refractivity contribution is 6.05. The third kappa shape index (κ3) is 4.73. The van der Waals surface area contributed by atoms with Gasteiger partial charge in [-0.05, 0) is 60.5 Å². The third-order valence-corrected chi connectivity index (χ3v) is 4.79. The molecule has 7 nitrogen and oxygen atoms in total. The highest BCUT2D eigenvalue weighted by atomic mass is 16.3. The molecule has 0 atom stereocenters. The Labute approximate surface area is 179 Å². The minimum Gasteiger partial charge on any atom is -0.392 e. The van der Waals surface area contributed by atoms with E-state index in [4.69, 9.17) is 0 Å². The summed E-state index contributed by atoms with van der Waals surface area (Å²) in [5.74, 6) is 0.396. The fourth-order valence-electron chi connectivity index (χ4n) is 3.14. The van der Waals surface area contributed by atoms with Gasteiger partial charge in [-0.1, -0.05) is 18.2 Å². The van der Waals surface area contributed by atoms with Gasteiger partial charge in [0.2, 0.25) is 0 Å². The van der Waals surface area contributed by atoms with E-state index >= 15 is 0 Å². The molecule has 0 aliphatic heterocycles. The molecule has 0 aliphatic carbocycles. The van der Waals surface area contributed by atoms with E-state index in [1.54, 1.807) is 48.8 Å². The van der Waals surface area contributed by atoms with Crippen LogP contribution in [0.5, 0.6) is 0 Å². The van der Waals surface area contributed by atoms with Crippen LogP contribution in [0, 0.1) is 6.92 Å². The summed E-state index contributed by atoms with van der Waals surface area (Å²) in [5, 5.41) is 15.5. The molecule has 0 saturated heterocycles. The van der Waals surface area contributed by atoms with E-state index in [2.05, 4.69) is 25.6 Å². The van der Waals surface area contributed by atoms with Crippen molar-refractivity contribution in [1.29, 1.82) is 0 Å². The van der Waals surface area contributed by atoms with Gasteiger partial charge in [0, 0.05) is 34.9 Å². The zero-order valence-electron chi connectivity index (χ0n) is 16.9. The predicted octanol–water partition coefficient (Wildman–Crippen LogP) is 4.34. The molecular formula is C24H21N5O2. The van der Waals surface area contributed by atoms with Crippen molar-refractivity contribution in [1.82, 2.24) is 15.0 Å². The van der Waals surface area contributed by atoms with Gasteiger partial charge in [0.05, 0.1) is 12.3 Å². The molecule has 31 heavy (non-hydrogen) atoms. The maximum atomic E-state index is 12.8. The molecule has 0 spiro atoms. The van der Waals surface area contributed by atoms with Crippen LogP contribution in [-0.4, -0.2) is 26.0 Å². The standard InChI is InChI=1S/C24H21N5O2/c1-16-7-8-18(24(31)28-19-5-2-4-17(12-19)14-30)13-22(16)29-23-20(6-3-10-26-23)21-9-11-25-15-27-21/h2-13,15,30H,14H2,1H3,(H,26,29)(H,28,31). The van der Waals surface area contributed by atoms with Crippen LogP contribution in [-0.2, 0) is 6.61 Å². The Kier molecular flexibility index (Phi) is 5.96. The van der Waals surface area contributed by atoms with Crippen LogP contribution >= 0.6 is 0 Å². The summed E-state index contributed by atoms with van der Waals surface area (Å²) in [6.45, 7) is 1.88. The molecule has 2 aromatic carbocycles. The Hall–Kier alpha value is -4.10. The second kappa shape index (κ2) is 9.15. The van der Waals surface area contributed by atoms with Crippen LogP contribution in [0.25, 0.3) is 11.3 Å². The average Bonchev–Trinajstić information content (AvgIpc) is 2.81. The number of anilines is 3. The number of aryl methyl sites for hydroxylation is 1. The first kappa shape index (κ1) is 20.2. The van der Waals surface area contributed by atoms with Crippen molar-refractivity contribution in [3.8, 4) is 11.3 Å². The topological polar surface area (TPSA) is 100 Å². The van der Waals surface area contributed by atoms with Crippen molar-refractivity contribution in [2.24, 2.45) is 0 Å². The van der Waals surface area contributed by atoms with Gasteiger partial charge in [0.25, 0.3) is 5.91 Å². The van der Waals surface area contributed by atoms with Gasteiger partial charge in [-0.15, -0.1) is 0 Å². The molecule has 0 unspecified atom stereocenters. The van der Waals surface area contributed by atoms with Crippen molar-refractivity contribution >= 4 is 23.1 Å². The quantitative estimate of drug-likeness (QED) is 0.437. The van der Waals surface area contributed by atoms with Crippen molar-refractivity contribution in [3.63, 3.8) is 0 Å². The predicted molar refractivity (Wildman–Crippen MR) is 120 cm³/mol. The fraction of sp³-hybridized carbons (Fsp3) is 0.0833. The summed E-state index contributed by atoms with van der Waals surface area (Å²) in [4.78, 5) is 25.5. The van der Waals surface area contributed by atoms with Gasteiger partial charge < -0.3 is 15.7 Å². The Morgan fingerprint density at radius 1 is 1.00 bits per heavy atom. The number of hydrogen-bond donors (Lipinski definition) is 3. The molecule has 1 amide bonds. The largest absolute Gasteiger partial charge is 0.392 e. The highest BCUT2D eigenvalue weighted by Crippen LogP contribution is 2.28. The maximum absolute atomic E-state index is 12.8. The lowest BCUT2D eigenvalue weighted by Crippen LogP contribution is -2.12. The zero-order valence-corrected chi connectivity index (χ0v) is 16.9. The lowest BCUT2D eigenvalue weighted by Gasteiger charge is -2.14. The van der Waals surface area contributed by atoms with Crippen LogP contribution < -0.4 is 10.6 Å². The number of carbonyl (C=O) groups excluding carboxylic acids is 1.